The summed E-state index contributed by atoms with van der Waals surface area (Å²) in [5.41, 5.74) is 1.88. The Bertz CT molecular complexity index is 758. The van der Waals surface area contributed by atoms with Gasteiger partial charge in [0.2, 0.25) is 0 Å². The number of sulfone groups is 1. The molecule has 1 heterocycles. The third kappa shape index (κ3) is 8.68. The number of nitrogens with zero attached hydrogens (tertiary/aromatic N) is 1. The SMILES string of the molecule is CN=C(NCCc1cccs1)NCc1ccc(CS(C)(=O)=O)cc1.I. The standard InChI is InChI=1S/C17H23N3O2S2.HI/c1-18-17(19-10-9-16-4-3-11-23-16)20-12-14-5-7-15(8-6-14)13-24(2,21)22;/h3-8,11H,9-10,12-13H2,1-2H3,(H2,18,19,20);1H. The van der Waals surface area contributed by atoms with Gasteiger partial charge >= 0.3 is 0 Å². The van der Waals surface area contributed by atoms with Gasteiger partial charge in [-0.2, -0.15) is 0 Å². The van der Waals surface area contributed by atoms with Crippen molar-refractivity contribution in [1.82, 2.24) is 10.6 Å². The number of aliphatic imine (C=N–C) groups is 1. The van der Waals surface area contributed by atoms with E-state index in [0.29, 0.717) is 6.54 Å². The number of benzene rings is 1. The molecule has 1 aromatic heterocycles. The first-order valence-electron chi connectivity index (χ1n) is 7.69. The van der Waals surface area contributed by atoms with Crippen LogP contribution in [0.1, 0.15) is 16.0 Å². The van der Waals surface area contributed by atoms with Crippen molar-refractivity contribution >= 4 is 51.1 Å². The lowest BCUT2D eigenvalue weighted by atomic mass is 10.1. The first-order chi connectivity index (χ1) is 11.5. The lowest BCUT2D eigenvalue weighted by Gasteiger charge is -2.12. The van der Waals surface area contributed by atoms with E-state index >= 15 is 0 Å². The Morgan fingerprint density at radius 1 is 1.12 bits per heavy atom. The number of thiophene rings is 1. The van der Waals surface area contributed by atoms with Crippen molar-refractivity contribution in [1.29, 1.82) is 0 Å². The molecule has 2 N–H and O–H groups in total. The van der Waals surface area contributed by atoms with Gasteiger partial charge in [-0.1, -0.05) is 30.3 Å². The number of rotatable bonds is 7. The fourth-order valence-electron chi connectivity index (χ4n) is 2.22. The van der Waals surface area contributed by atoms with Crippen LogP contribution in [0.4, 0.5) is 0 Å². The highest BCUT2D eigenvalue weighted by Gasteiger charge is 2.04. The van der Waals surface area contributed by atoms with Crippen LogP contribution in [-0.4, -0.2) is 34.2 Å². The number of nitrogens with one attached hydrogen (secondary N) is 2. The van der Waals surface area contributed by atoms with E-state index in [2.05, 4.69) is 33.1 Å². The Morgan fingerprint density at radius 2 is 1.80 bits per heavy atom. The van der Waals surface area contributed by atoms with E-state index in [1.807, 2.05) is 24.3 Å². The zero-order valence-electron chi connectivity index (χ0n) is 14.4. The number of halogens is 1. The minimum atomic E-state index is -2.99. The summed E-state index contributed by atoms with van der Waals surface area (Å²) in [6.07, 6.45) is 2.22. The first kappa shape index (κ1) is 21.9. The Labute approximate surface area is 170 Å². The highest BCUT2D eigenvalue weighted by molar-refractivity contribution is 14.0. The first-order valence-corrected chi connectivity index (χ1v) is 10.6. The van der Waals surface area contributed by atoms with Crippen LogP contribution in [0, 0.1) is 0 Å². The molecule has 5 nitrogen and oxygen atoms in total. The Kier molecular flexibility index (Phi) is 9.44. The van der Waals surface area contributed by atoms with Crippen molar-refractivity contribution in [3.05, 3.63) is 57.8 Å². The Balaban J connectivity index is 0.00000312. The molecule has 0 atom stereocenters. The summed E-state index contributed by atoms with van der Waals surface area (Å²) in [6.45, 7) is 1.46. The molecule has 2 rings (SSSR count). The van der Waals surface area contributed by atoms with E-state index in [1.54, 1.807) is 18.4 Å². The number of hydrogen-bond donors (Lipinski definition) is 2. The molecule has 0 spiro atoms. The molecule has 0 amide bonds. The molecule has 0 aliphatic carbocycles. The zero-order chi connectivity index (χ0) is 17.4. The van der Waals surface area contributed by atoms with Crippen molar-refractivity contribution in [2.45, 2.75) is 18.7 Å². The van der Waals surface area contributed by atoms with Crippen LogP contribution in [-0.2, 0) is 28.6 Å². The summed E-state index contributed by atoms with van der Waals surface area (Å²) in [4.78, 5) is 5.55. The monoisotopic (exact) mass is 493 g/mol. The summed E-state index contributed by atoms with van der Waals surface area (Å²) in [5.74, 6) is 0.832. The number of hydrogen-bond acceptors (Lipinski definition) is 4. The van der Waals surface area contributed by atoms with Crippen molar-refractivity contribution in [2.75, 3.05) is 19.8 Å². The average Bonchev–Trinajstić information content (AvgIpc) is 3.04. The van der Waals surface area contributed by atoms with Crippen LogP contribution in [0.15, 0.2) is 46.8 Å². The average molecular weight is 493 g/mol. The molecule has 8 heteroatoms. The maximum Gasteiger partial charge on any atom is 0.191 e. The predicted molar refractivity (Wildman–Crippen MR) is 117 cm³/mol. The van der Waals surface area contributed by atoms with Gasteiger partial charge in [0.25, 0.3) is 0 Å². The second-order valence-electron chi connectivity index (χ2n) is 5.57. The van der Waals surface area contributed by atoms with Crippen LogP contribution in [0.5, 0.6) is 0 Å². The van der Waals surface area contributed by atoms with E-state index < -0.39 is 9.84 Å². The summed E-state index contributed by atoms with van der Waals surface area (Å²) in [6, 6.07) is 11.8. The molecule has 0 fully saturated rings. The molecule has 0 bridgehead atoms. The minimum absolute atomic E-state index is 0. The van der Waals surface area contributed by atoms with Gasteiger partial charge in [-0.25, -0.2) is 8.42 Å². The molecule has 25 heavy (non-hydrogen) atoms. The maximum atomic E-state index is 11.3. The maximum absolute atomic E-state index is 11.3. The minimum Gasteiger partial charge on any atom is -0.356 e. The lowest BCUT2D eigenvalue weighted by Crippen LogP contribution is -2.37. The van der Waals surface area contributed by atoms with Crippen LogP contribution in [0.2, 0.25) is 0 Å². The van der Waals surface area contributed by atoms with E-state index in [0.717, 1.165) is 30.1 Å². The molecule has 0 saturated carbocycles. The van der Waals surface area contributed by atoms with Crippen LogP contribution < -0.4 is 10.6 Å². The summed E-state index contributed by atoms with van der Waals surface area (Å²) < 4.78 is 22.6. The predicted octanol–water partition coefficient (Wildman–Crippen LogP) is 2.82. The van der Waals surface area contributed by atoms with Gasteiger partial charge in [0.05, 0.1) is 5.75 Å². The highest BCUT2D eigenvalue weighted by Crippen LogP contribution is 2.09. The smallest absolute Gasteiger partial charge is 0.191 e. The van der Waals surface area contributed by atoms with Gasteiger partial charge in [0, 0.05) is 31.3 Å². The Hall–Kier alpha value is -1.13. The third-order valence-corrected chi connectivity index (χ3v) is 5.17. The van der Waals surface area contributed by atoms with E-state index in [4.69, 9.17) is 0 Å². The molecule has 1 aromatic carbocycles. The molecule has 0 aliphatic rings. The largest absolute Gasteiger partial charge is 0.356 e. The Morgan fingerprint density at radius 3 is 2.36 bits per heavy atom. The summed E-state index contributed by atoms with van der Waals surface area (Å²) in [7, 11) is -1.25. The molecule has 138 valence electrons. The van der Waals surface area contributed by atoms with Crippen molar-refractivity contribution < 1.29 is 8.42 Å². The highest BCUT2D eigenvalue weighted by atomic mass is 127. The van der Waals surface area contributed by atoms with Crippen LogP contribution in [0.25, 0.3) is 0 Å². The molecule has 2 aromatic rings. The molecule has 0 aliphatic heterocycles. The van der Waals surface area contributed by atoms with Gasteiger partial charge in [-0.15, -0.1) is 35.3 Å². The molecular weight excluding hydrogens is 469 g/mol. The van der Waals surface area contributed by atoms with E-state index in [-0.39, 0.29) is 29.7 Å². The fourth-order valence-corrected chi connectivity index (χ4v) is 3.73. The lowest BCUT2D eigenvalue weighted by molar-refractivity contribution is 0.601. The third-order valence-electron chi connectivity index (χ3n) is 3.38. The molecule has 0 saturated heterocycles. The van der Waals surface area contributed by atoms with Crippen LogP contribution >= 0.6 is 35.3 Å². The second kappa shape index (κ2) is 10.8. The van der Waals surface area contributed by atoms with Gasteiger partial charge < -0.3 is 10.6 Å². The van der Waals surface area contributed by atoms with Crippen molar-refractivity contribution in [3.63, 3.8) is 0 Å². The fraction of sp³-hybridized carbons (Fsp3) is 0.353. The van der Waals surface area contributed by atoms with Crippen LogP contribution in [0.3, 0.4) is 0 Å². The normalized spacial score (nSPS) is 11.7. The molecule has 0 unspecified atom stereocenters. The summed E-state index contributed by atoms with van der Waals surface area (Å²) >= 11 is 1.75. The van der Waals surface area contributed by atoms with Gasteiger partial charge in [0.1, 0.15) is 0 Å². The van der Waals surface area contributed by atoms with Gasteiger partial charge in [-0.3, -0.25) is 4.99 Å². The quantitative estimate of drug-likeness (QED) is 0.354. The summed E-state index contributed by atoms with van der Waals surface area (Å²) in [5, 5.41) is 8.62. The second-order valence-corrected chi connectivity index (χ2v) is 8.74. The van der Waals surface area contributed by atoms with Gasteiger partial charge in [0.15, 0.2) is 15.8 Å². The zero-order valence-corrected chi connectivity index (χ0v) is 18.3. The van der Waals surface area contributed by atoms with Crippen molar-refractivity contribution in [2.24, 2.45) is 4.99 Å². The topological polar surface area (TPSA) is 70.6 Å². The van der Waals surface area contributed by atoms with E-state index in [1.165, 1.54) is 11.1 Å². The van der Waals surface area contributed by atoms with Gasteiger partial charge in [-0.05, 0) is 29.0 Å². The molecule has 0 radical (unpaired) electrons. The number of guanidine groups is 1. The molecular formula is C17H24IN3O2S2. The van der Waals surface area contributed by atoms with E-state index in [9.17, 15) is 8.42 Å². The van der Waals surface area contributed by atoms with Crippen molar-refractivity contribution in [3.8, 4) is 0 Å².